The van der Waals surface area contributed by atoms with E-state index in [1.54, 1.807) is 24.3 Å². The van der Waals surface area contributed by atoms with Crippen LogP contribution in [-0.4, -0.2) is 104 Å². The van der Waals surface area contributed by atoms with Gasteiger partial charge in [0.25, 0.3) is 5.92 Å². The number of fused-ring (bicyclic) bond motifs is 3. The van der Waals surface area contributed by atoms with E-state index in [2.05, 4.69) is 26.0 Å². The van der Waals surface area contributed by atoms with E-state index >= 15 is 13.2 Å². The van der Waals surface area contributed by atoms with Gasteiger partial charge in [0, 0.05) is 42.4 Å². The molecule has 51 heavy (non-hydrogen) atoms. The molecule has 3 aliphatic rings. The quantitative estimate of drug-likeness (QED) is 0.171. The molecule has 15 heteroatoms. The molecule has 3 aliphatic heterocycles. The molecule has 5 heterocycles. The maximum absolute atomic E-state index is 16.9. The summed E-state index contributed by atoms with van der Waals surface area (Å²) >= 11 is 0. The van der Waals surface area contributed by atoms with Gasteiger partial charge in [-0.3, -0.25) is 4.90 Å². The molecule has 0 bridgehead atoms. The predicted octanol–water partition coefficient (Wildman–Crippen LogP) is 5.68. The highest BCUT2D eigenvalue weighted by atomic mass is 19.3. The fraction of sp³-hybridized carbons (Fsp3) is 0.361. The first-order chi connectivity index (χ1) is 24.6. The number of ether oxygens (including phenoxy) is 1. The summed E-state index contributed by atoms with van der Waals surface area (Å²) in [6.45, 7) is -0.969. The summed E-state index contributed by atoms with van der Waals surface area (Å²) in [6, 6.07) is 9.77. The van der Waals surface area contributed by atoms with Crippen molar-refractivity contribution in [1.82, 2.24) is 34.5 Å². The van der Waals surface area contributed by atoms with Gasteiger partial charge in [-0.15, -0.1) is 6.42 Å². The van der Waals surface area contributed by atoms with Gasteiger partial charge in [-0.05, 0) is 42.5 Å². The molecule has 5 aromatic rings. The Morgan fingerprint density at radius 1 is 1.04 bits per heavy atom. The van der Waals surface area contributed by atoms with Crippen molar-refractivity contribution in [3.8, 4) is 29.5 Å². The molecule has 2 aromatic heterocycles. The highest BCUT2D eigenvalue weighted by Crippen LogP contribution is 2.42. The van der Waals surface area contributed by atoms with E-state index < -0.39 is 48.4 Å². The van der Waals surface area contributed by atoms with Gasteiger partial charge in [0.15, 0.2) is 5.82 Å². The molecule has 0 aliphatic carbocycles. The van der Waals surface area contributed by atoms with Crippen LogP contribution in [0.2, 0.25) is 0 Å². The van der Waals surface area contributed by atoms with Crippen molar-refractivity contribution in [3.63, 3.8) is 0 Å². The number of carbonyl (C=O) groups is 1. The van der Waals surface area contributed by atoms with E-state index in [1.165, 1.54) is 23.1 Å². The van der Waals surface area contributed by atoms with Crippen molar-refractivity contribution in [3.05, 3.63) is 72.3 Å². The number of nitrogens with zero attached hydrogens (tertiary/aromatic N) is 8. The number of amides is 1. The van der Waals surface area contributed by atoms with Gasteiger partial charge < -0.3 is 14.5 Å². The molecule has 0 radical (unpaired) electrons. The van der Waals surface area contributed by atoms with Crippen LogP contribution in [0.4, 0.5) is 32.6 Å². The van der Waals surface area contributed by atoms with Crippen LogP contribution >= 0.6 is 0 Å². The summed E-state index contributed by atoms with van der Waals surface area (Å²) in [5.74, 6) is -2.53. The van der Waals surface area contributed by atoms with Gasteiger partial charge in [-0.25, -0.2) is 31.7 Å². The molecule has 1 amide bonds. The Labute approximate surface area is 288 Å². The van der Waals surface area contributed by atoms with Crippen molar-refractivity contribution < 1.29 is 31.5 Å². The number of aromatic nitrogens is 5. The third-order valence-corrected chi connectivity index (χ3v) is 10.1. The summed E-state index contributed by atoms with van der Waals surface area (Å²) in [6.07, 6.45) is 8.72. The predicted molar refractivity (Wildman–Crippen MR) is 178 cm³/mol. The van der Waals surface area contributed by atoms with Gasteiger partial charge in [-0.2, -0.15) is 19.7 Å². The van der Waals surface area contributed by atoms with Crippen LogP contribution in [-0.2, 0) is 0 Å². The van der Waals surface area contributed by atoms with Crippen molar-refractivity contribution in [2.24, 2.45) is 0 Å². The number of alkyl halides is 3. The summed E-state index contributed by atoms with van der Waals surface area (Å²) < 4.78 is 84.5. The molecule has 3 saturated heterocycles. The summed E-state index contributed by atoms with van der Waals surface area (Å²) in [5.41, 5.74) is -0.481. The van der Waals surface area contributed by atoms with Crippen LogP contribution in [0.5, 0.6) is 6.01 Å². The summed E-state index contributed by atoms with van der Waals surface area (Å²) in [7, 11) is 0. The fourth-order valence-electron chi connectivity index (χ4n) is 7.81. The SMILES string of the molecule is C#Cc1c(F)ccc2cccc(-c3ccc4c(N5CCN(C(=O)n6cncn6)CC(F)(F)C5)nc(OC[C@@]56CCCN5C[C@H](F)C6)nc4c3F)c12. The zero-order chi connectivity index (χ0) is 35.5. The van der Waals surface area contributed by atoms with E-state index in [0.717, 1.165) is 28.7 Å². The van der Waals surface area contributed by atoms with Gasteiger partial charge >= 0.3 is 12.0 Å². The van der Waals surface area contributed by atoms with E-state index in [1.807, 2.05) is 4.90 Å². The molecule has 0 saturated carbocycles. The average molecular weight is 703 g/mol. The van der Waals surface area contributed by atoms with Crippen LogP contribution in [0.1, 0.15) is 24.8 Å². The second-order valence-electron chi connectivity index (χ2n) is 13.3. The average Bonchev–Trinajstić information content (AvgIpc) is 3.82. The maximum Gasteiger partial charge on any atom is 0.346 e. The van der Waals surface area contributed by atoms with E-state index in [4.69, 9.17) is 11.2 Å². The number of rotatable bonds is 5. The molecular formula is C36H31F5N8O2. The molecule has 8 rings (SSSR count). The van der Waals surface area contributed by atoms with Crippen molar-refractivity contribution in [2.75, 3.05) is 50.8 Å². The zero-order valence-electron chi connectivity index (χ0n) is 27.2. The molecule has 10 nitrogen and oxygen atoms in total. The van der Waals surface area contributed by atoms with Crippen molar-refractivity contribution in [2.45, 2.75) is 36.9 Å². The Bertz CT molecular complexity index is 2210. The van der Waals surface area contributed by atoms with Gasteiger partial charge in [0.1, 0.15) is 42.6 Å². The fourth-order valence-corrected chi connectivity index (χ4v) is 7.81. The number of benzene rings is 3. The van der Waals surface area contributed by atoms with Crippen molar-refractivity contribution >= 4 is 33.5 Å². The van der Waals surface area contributed by atoms with Gasteiger partial charge in [-0.1, -0.05) is 36.3 Å². The van der Waals surface area contributed by atoms with Crippen LogP contribution in [0.25, 0.3) is 32.8 Å². The number of halogens is 5. The smallest absolute Gasteiger partial charge is 0.346 e. The standard InChI is InChI=1S/C36H31F5N8O2/c1-2-24-28(38)10-7-22-5-3-6-25(29(22)24)26-8-9-27-31(30(26)39)44-33(51-19-35-11-4-12-48(35)16-23(37)15-35)45-32(27)46-13-14-47(18-36(40,41)17-46)34(50)49-21-42-20-43-49/h1,3,5-10,20-21,23H,4,11-19H2/t23-,35+/m1/s1. The maximum atomic E-state index is 16.9. The monoisotopic (exact) mass is 702 g/mol. The first-order valence-electron chi connectivity index (χ1n) is 16.5. The molecule has 262 valence electrons. The number of hydrogen-bond donors (Lipinski definition) is 0. The minimum Gasteiger partial charge on any atom is -0.461 e. The van der Waals surface area contributed by atoms with Crippen LogP contribution < -0.4 is 9.64 Å². The number of hydrogen-bond acceptors (Lipinski definition) is 8. The lowest BCUT2D eigenvalue weighted by molar-refractivity contribution is -0.00682. The Kier molecular flexibility index (Phi) is 8.01. The normalized spacial score (nSPS) is 21.9. The minimum absolute atomic E-state index is 0.0180. The Hall–Kier alpha value is -5.36. The topological polar surface area (TPSA) is 92.5 Å². The first kappa shape index (κ1) is 32.8. The lowest BCUT2D eigenvalue weighted by Gasteiger charge is -2.31. The van der Waals surface area contributed by atoms with Crippen LogP contribution in [0.3, 0.4) is 0 Å². The first-order valence-corrected chi connectivity index (χ1v) is 16.5. The second-order valence-corrected chi connectivity index (χ2v) is 13.3. The molecule has 0 N–H and O–H groups in total. The molecule has 2 atom stereocenters. The Morgan fingerprint density at radius 2 is 1.90 bits per heavy atom. The lowest BCUT2D eigenvalue weighted by atomic mass is 9.93. The lowest BCUT2D eigenvalue weighted by Crippen LogP contribution is -2.44. The third kappa shape index (κ3) is 5.77. The molecule has 0 spiro atoms. The van der Waals surface area contributed by atoms with E-state index in [0.29, 0.717) is 29.3 Å². The Morgan fingerprint density at radius 3 is 2.71 bits per heavy atom. The second kappa shape index (κ2) is 12.4. The minimum atomic E-state index is -3.41. The van der Waals surface area contributed by atoms with Gasteiger partial charge in [0.05, 0.1) is 24.2 Å². The van der Waals surface area contributed by atoms with E-state index in [-0.39, 0.29) is 66.5 Å². The molecule has 0 unspecified atom stereocenters. The van der Waals surface area contributed by atoms with Gasteiger partial charge in [0.2, 0.25) is 0 Å². The molecule has 3 fully saturated rings. The van der Waals surface area contributed by atoms with Crippen LogP contribution in [0, 0.1) is 24.0 Å². The van der Waals surface area contributed by atoms with Crippen LogP contribution in [0.15, 0.2) is 55.1 Å². The number of terminal acetylenes is 1. The zero-order valence-corrected chi connectivity index (χ0v) is 27.2. The molecular weight excluding hydrogens is 671 g/mol. The van der Waals surface area contributed by atoms with Crippen molar-refractivity contribution in [1.29, 1.82) is 0 Å². The Balaban J connectivity index is 1.24. The number of anilines is 1. The largest absolute Gasteiger partial charge is 0.461 e. The van der Waals surface area contributed by atoms with E-state index in [9.17, 15) is 13.6 Å². The highest BCUT2D eigenvalue weighted by molar-refractivity contribution is 6.03. The third-order valence-electron chi connectivity index (χ3n) is 10.1. The number of carbonyl (C=O) groups excluding carboxylic acids is 1. The summed E-state index contributed by atoms with van der Waals surface area (Å²) in [5, 5.41) is 4.81. The summed E-state index contributed by atoms with van der Waals surface area (Å²) in [4.78, 5) is 30.0. The highest BCUT2D eigenvalue weighted by Gasteiger charge is 2.49. The molecule has 3 aromatic carbocycles.